The number of Topliss-reactive ketones (excluding diaryl/α,β-unsaturated/α-hetero) is 1. The van der Waals surface area contributed by atoms with Crippen LogP contribution < -0.4 is 4.90 Å². The zero-order valence-electron chi connectivity index (χ0n) is 10.0. The topological polar surface area (TPSA) is 50.3 Å². The monoisotopic (exact) mass is 292 g/mol. The minimum absolute atomic E-state index is 0.317. The fourth-order valence-corrected chi connectivity index (χ4v) is 2.97. The van der Waals surface area contributed by atoms with E-state index in [-0.39, 0.29) is 0 Å². The van der Waals surface area contributed by atoms with Crippen LogP contribution in [0.2, 0.25) is 5.02 Å². The van der Waals surface area contributed by atoms with Crippen LogP contribution >= 0.6 is 22.9 Å². The first-order chi connectivity index (χ1) is 9.06. The van der Waals surface area contributed by atoms with Gasteiger partial charge in [-0.25, -0.2) is 4.98 Å². The summed E-state index contributed by atoms with van der Waals surface area (Å²) in [4.78, 5) is 29.6. The van der Waals surface area contributed by atoms with E-state index >= 15 is 0 Å². The SMILES string of the molecule is Cc1csc(CN2C(=O)C(=O)c3cc(Cl)ccc32)n1. The highest BCUT2D eigenvalue weighted by atomic mass is 35.5. The van der Waals surface area contributed by atoms with E-state index in [1.54, 1.807) is 12.1 Å². The van der Waals surface area contributed by atoms with Crippen LogP contribution in [0.4, 0.5) is 5.69 Å². The zero-order valence-corrected chi connectivity index (χ0v) is 11.6. The van der Waals surface area contributed by atoms with Crippen molar-refractivity contribution in [3.8, 4) is 0 Å². The Balaban J connectivity index is 1.99. The number of amides is 1. The normalized spacial score (nSPS) is 14.1. The maximum absolute atomic E-state index is 12.0. The molecule has 0 atom stereocenters. The second-order valence-electron chi connectivity index (χ2n) is 4.26. The largest absolute Gasteiger partial charge is 0.299 e. The Labute approximate surface area is 118 Å². The molecule has 4 nitrogen and oxygen atoms in total. The summed E-state index contributed by atoms with van der Waals surface area (Å²) < 4.78 is 0. The first-order valence-corrected chi connectivity index (χ1v) is 6.89. The Morgan fingerprint density at radius 1 is 1.37 bits per heavy atom. The Bertz CT molecular complexity index is 696. The summed E-state index contributed by atoms with van der Waals surface area (Å²) >= 11 is 7.33. The molecule has 1 aromatic heterocycles. The molecular formula is C13H9ClN2O2S. The second kappa shape index (κ2) is 4.43. The number of hydrogen-bond donors (Lipinski definition) is 0. The lowest BCUT2D eigenvalue weighted by Crippen LogP contribution is -2.29. The summed E-state index contributed by atoms with van der Waals surface area (Å²) in [5.41, 5.74) is 1.88. The van der Waals surface area contributed by atoms with Gasteiger partial charge < -0.3 is 0 Å². The van der Waals surface area contributed by atoms with Gasteiger partial charge in [0.05, 0.1) is 17.8 Å². The molecule has 0 saturated carbocycles. The number of aryl methyl sites for hydroxylation is 1. The molecule has 0 saturated heterocycles. The third-order valence-corrected chi connectivity index (χ3v) is 4.08. The van der Waals surface area contributed by atoms with Crippen LogP contribution in [0.25, 0.3) is 0 Å². The number of ketones is 1. The zero-order chi connectivity index (χ0) is 13.6. The lowest BCUT2D eigenvalue weighted by Gasteiger charge is -2.14. The fourth-order valence-electron chi connectivity index (χ4n) is 2.04. The number of halogens is 1. The maximum atomic E-state index is 12.0. The van der Waals surface area contributed by atoms with Crippen LogP contribution in [0, 0.1) is 6.92 Å². The molecule has 1 aliphatic rings. The molecule has 0 radical (unpaired) electrons. The Hall–Kier alpha value is -1.72. The van der Waals surface area contributed by atoms with Crippen molar-refractivity contribution in [3.05, 3.63) is 44.9 Å². The highest BCUT2D eigenvalue weighted by Gasteiger charge is 2.36. The highest BCUT2D eigenvalue weighted by molar-refractivity contribution is 7.09. The Morgan fingerprint density at radius 3 is 2.84 bits per heavy atom. The van der Waals surface area contributed by atoms with E-state index in [2.05, 4.69) is 4.98 Å². The summed E-state index contributed by atoms with van der Waals surface area (Å²) in [6.45, 7) is 2.21. The number of carbonyl (C=O) groups is 2. The van der Waals surface area contributed by atoms with Crippen molar-refractivity contribution in [2.24, 2.45) is 0 Å². The number of aromatic nitrogens is 1. The standard InChI is InChI=1S/C13H9ClN2O2S/c1-7-6-19-11(15-7)5-16-10-3-2-8(14)4-9(10)12(17)13(16)18/h2-4,6H,5H2,1H3. The molecule has 0 aliphatic carbocycles. The van der Waals surface area contributed by atoms with Crippen molar-refractivity contribution in [3.63, 3.8) is 0 Å². The third-order valence-electron chi connectivity index (χ3n) is 2.89. The molecule has 0 N–H and O–H groups in total. The number of hydrogen-bond acceptors (Lipinski definition) is 4. The molecule has 6 heteroatoms. The van der Waals surface area contributed by atoms with Crippen molar-refractivity contribution in [1.29, 1.82) is 0 Å². The number of benzene rings is 1. The van der Waals surface area contributed by atoms with Crippen molar-refractivity contribution < 1.29 is 9.59 Å². The molecule has 1 aromatic carbocycles. The van der Waals surface area contributed by atoms with E-state index in [1.165, 1.54) is 22.3 Å². The van der Waals surface area contributed by atoms with Gasteiger partial charge >= 0.3 is 0 Å². The second-order valence-corrected chi connectivity index (χ2v) is 5.64. The third kappa shape index (κ3) is 2.05. The highest BCUT2D eigenvalue weighted by Crippen LogP contribution is 2.32. The van der Waals surface area contributed by atoms with Crippen molar-refractivity contribution >= 4 is 40.3 Å². The molecule has 0 fully saturated rings. The van der Waals surface area contributed by atoms with Crippen molar-refractivity contribution in [1.82, 2.24) is 4.98 Å². The number of anilines is 1. The van der Waals surface area contributed by atoms with Gasteiger partial charge in [-0.1, -0.05) is 11.6 Å². The number of thiazole rings is 1. The fraction of sp³-hybridized carbons (Fsp3) is 0.154. The van der Waals surface area contributed by atoms with Crippen LogP contribution in [-0.4, -0.2) is 16.7 Å². The predicted octanol–water partition coefficient (Wildman–Crippen LogP) is 2.83. The molecule has 1 aliphatic heterocycles. The number of nitrogens with zero attached hydrogens (tertiary/aromatic N) is 2. The van der Waals surface area contributed by atoms with E-state index in [0.29, 0.717) is 22.8 Å². The van der Waals surface area contributed by atoms with Gasteiger partial charge in [0, 0.05) is 16.1 Å². The Morgan fingerprint density at radius 2 is 2.16 bits per heavy atom. The number of carbonyl (C=O) groups excluding carboxylic acids is 2. The molecular weight excluding hydrogens is 284 g/mol. The summed E-state index contributed by atoms with van der Waals surface area (Å²) in [7, 11) is 0. The van der Waals surface area contributed by atoms with Gasteiger partial charge in [-0.3, -0.25) is 14.5 Å². The molecule has 3 rings (SSSR count). The Kier molecular flexibility index (Phi) is 2.88. The lowest BCUT2D eigenvalue weighted by molar-refractivity contribution is -0.114. The smallest absolute Gasteiger partial charge is 0.298 e. The summed E-state index contributed by atoms with van der Waals surface area (Å²) in [5, 5.41) is 3.17. The van der Waals surface area contributed by atoms with Gasteiger partial charge in [0.1, 0.15) is 5.01 Å². The quantitative estimate of drug-likeness (QED) is 0.800. The molecule has 19 heavy (non-hydrogen) atoms. The van der Waals surface area contributed by atoms with E-state index in [1.807, 2.05) is 12.3 Å². The van der Waals surface area contributed by atoms with Gasteiger partial charge in [0.2, 0.25) is 0 Å². The van der Waals surface area contributed by atoms with Gasteiger partial charge in [0.15, 0.2) is 0 Å². The lowest BCUT2D eigenvalue weighted by atomic mass is 10.1. The summed E-state index contributed by atoms with van der Waals surface area (Å²) in [5.74, 6) is -1.03. The predicted molar refractivity (Wildman–Crippen MR) is 73.8 cm³/mol. The van der Waals surface area contributed by atoms with Crippen LogP contribution in [-0.2, 0) is 11.3 Å². The van der Waals surface area contributed by atoms with E-state index in [9.17, 15) is 9.59 Å². The first kappa shape index (κ1) is 12.3. The van der Waals surface area contributed by atoms with Crippen LogP contribution in [0.3, 0.4) is 0 Å². The van der Waals surface area contributed by atoms with E-state index < -0.39 is 11.7 Å². The number of fused-ring (bicyclic) bond motifs is 1. The van der Waals surface area contributed by atoms with Crippen LogP contribution in [0.1, 0.15) is 21.1 Å². The minimum atomic E-state index is -0.523. The maximum Gasteiger partial charge on any atom is 0.299 e. The summed E-state index contributed by atoms with van der Waals surface area (Å²) in [6.07, 6.45) is 0. The van der Waals surface area contributed by atoms with Gasteiger partial charge in [-0.2, -0.15) is 0 Å². The van der Waals surface area contributed by atoms with E-state index in [4.69, 9.17) is 11.6 Å². The molecule has 2 aromatic rings. The van der Waals surface area contributed by atoms with E-state index in [0.717, 1.165) is 10.7 Å². The van der Waals surface area contributed by atoms with Crippen molar-refractivity contribution in [2.45, 2.75) is 13.5 Å². The molecule has 2 heterocycles. The molecule has 0 bridgehead atoms. The summed E-state index contributed by atoms with van der Waals surface area (Å²) in [6, 6.07) is 4.90. The van der Waals surface area contributed by atoms with Crippen molar-refractivity contribution in [2.75, 3.05) is 4.90 Å². The van der Waals surface area contributed by atoms with Crippen LogP contribution in [0.5, 0.6) is 0 Å². The van der Waals surface area contributed by atoms with Gasteiger partial charge in [0.25, 0.3) is 11.7 Å². The minimum Gasteiger partial charge on any atom is -0.298 e. The average Bonchev–Trinajstić information content (AvgIpc) is 2.88. The average molecular weight is 293 g/mol. The molecule has 0 spiro atoms. The van der Waals surface area contributed by atoms with Gasteiger partial charge in [-0.15, -0.1) is 11.3 Å². The number of rotatable bonds is 2. The first-order valence-electron chi connectivity index (χ1n) is 5.63. The molecule has 96 valence electrons. The molecule has 0 unspecified atom stereocenters. The molecule has 1 amide bonds. The van der Waals surface area contributed by atoms with Gasteiger partial charge in [-0.05, 0) is 25.1 Å². The van der Waals surface area contributed by atoms with Crippen LogP contribution in [0.15, 0.2) is 23.6 Å².